The van der Waals surface area contributed by atoms with E-state index in [0.29, 0.717) is 5.56 Å². The minimum Gasteiger partial charge on any atom is -0.496 e. The van der Waals surface area contributed by atoms with Gasteiger partial charge in [0.2, 0.25) is 0 Å². The van der Waals surface area contributed by atoms with Crippen LogP contribution in [-0.2, 0) is 10.3 Å². The second-order valence-electron chi connectivity index (χ2n) is 3.86. The predicted octanol–water partition coefficient (Wildman–Crippen LogP) is 1.52. The standard InChI is InChI=1S/C12H17NO3/c1-8-7-9(5-6-10(8)16-4)12(2,13-3)11(14)15/h5-7,13H,1-4H3,(H,14,15)/t12-/m1/s1. The summed E-state index contributed by atoms with van der Waals surface area (Å²) >= 11 is 0. The predicted molar refractivity (Wildman–Crippen MR) is 61.8 cm³/mol. The van der Waals surface area contributed by atoms with E-state index in [2.05, 4.69) is 5.32 Å². The van der Waals surface area contributed by atoms with Crippen LogP contribution in [-0.4, -0.2) is 25.2 Å². The maximum absolute atomic E-state index is 11.2. The lowest BCUT2D eigenvalue weighted by atomic mass is 9.91. The third-order valence-electron chi connectivity index (χ3n) is 2.90. The molecule has 0 amide bonds. The van der Waals surface area contributed by atoms with Crippen molar-refractivity contribution in [1.29, 1.82) is 0 Å². The van der Waals surface area contributed by atoms with Crippen LogP contribution in [0.3, 0.4) is 0 Å². The zero-order chi connectivity index (χ0) is 12.3. The molecule has 0 bridgehead atoms. The number of benzene rings is 1. The van der Waals surface area contributed by atoms with Gasteiger partial charge in [-0.15, -0.1) is 0 Å². The van der Waals surface area contributed by atoms with E-state index in [1.807, 2.05) is 13.0 Å². The van der Waals surface area contributed by atoms with Crippen LogP contribution in [0.4, 0.5) is 0 Å². The lowest BCUT2D eigenvalue weighted by Gasteiger charge is -2.25. The lowest BCUT2D eigenvalue weighted by molar-refractivity contribution is -0.144. The van der Waals surface area contributed by atoms with Gasteiger partial charge in [0.15, 0.2) is 0 Å². The Kier molecular flexibility index (Phi) is 3.55. The molecule has 4 nitrogen and oxygen atoms in total. The van der Waals surface area contributed by atoms with E-state index in [9.17, 15) is 9.90 Å². The van der Waals surface area contributed by atoms with Gasteiger partial charge in [-0.05, 0) is 44.2 Å². The third kappa shape index (κ3) is 2.02. The van der Waals surface area contributed by atoms with Gasteiger partial charge in [0, 0.05) is 0 Å². The Bertz CT molecular complexity index is 403. The summed E-state index contributed by atoms with van der Waals surface area (Å²) in [6.45, 7) is 3.52. The van der Waals surface area contributed by atoms with Gasteiger partial charge >= 0.3 is 5.97 Å². The Morgan fingerprint density at radius 3 is 2.50 bits per heavy atom. The Morgan fingerprint density at radius 2 is 2.12 bits per heavy atom. The van der Waals surface area contributed by atoms with Gasteiger partial charge in [-0.25, -0.2) is 4.79 Å². The van der Waals surface area contributed by atoms with Gasteiger partial charge in [-0.2, -0.15) is 0 Å². The van der Waals surface area contributed by atoms with E-state index >= 15 is 0 Å². The van der Waals surface area contributed by atoms with E-state index in [-0.39, 0.29) is 0 Å². The molecule has 1 atom stereocenters. The summed E-state index contributed by atoms with van der Waals surface area (Å²) < 4.78 is 5.14. The van der Waals surface area contributed by atoms with E-state index in [1.54, 1.807) is 33.2 Å². The summed E-state index contributed by atoms with van der Waals surface area (Å²) in [4.78, 5) is 11.2. The van der Waals surface area contributed by atoms with Crippen LogP contribution in [0.5, 0.6) is 5.75 Å². The number of hydrogen-bond acceptors (Lipinski definition) is 3. The first-order valence-electron chi connectivity index (χ1n) is 5.03. The average molecular weight is 223 g/mol. The van der Waals surface area contributed by atoms with E-state index in [4.69, 9.17) is 4.74 Å². The zero-order valence-corrected chi connectivity index (χ0v) is 10.00. The number of aryl methyl sites for hydroxylation is 1. The van der Waals surface area contributed by atoms with Gasteiger partial charge in [0.05, 0.1) is 7.11 Å². The van der Waals surface area contributed by atoms with E-state index in [1.165, 1.54) is 0 Å². The number of methoxy groups -OCH3 is 1. The Hall–Kier alpha value is -1.55. The number of carboxylic acids is 1. The van der Waals surface area contributed by atoms with Crippen molar-refractivity contribution < 1.29 is 14.6 Å². The quantitative estimate of drug-likeness (QED) is 0.812. The molecule has 0 saturated carbocycles. The van der Waals surface area contributed by atoms with Crippen molar-refractivity contribution >= 4 is 5.97 Å². The summed E-state index contributed by atoms with van der Waals surface area (Å²) in [6.07, 6.45) is 0. The summed E-state index contributed by atoms with van der Waals surface area (Å²) in [7, 11) is 3.23. The molecule has 4 heteroatoms. The first-order valence-corrected chi connectivity index (χ1v) is 5.03. The molecular weight excluding hydrogens is 206 g/mol. The van der Waals surface area contributed by atoms with Gasteiger partial charge in [-0.3, -0.25) is 0 Å². The molecule has 0 fully saturated rings. The van der Waals surface area contributed by atoms with Crippen molar-refractivity contribution in [2.45, 2.75) is 19.4 Å². The number of ether oxygens (including phenoxy) is 1. The molecule has 0 unspecified atom stereocenters. The number of carboxylic acid groups (broad SMARTS) is 1. The molecule has 0 aliphatic carbocycles. The summed E-state index contributed by atoms with van der Waals surface area (Å²) in [5.41, 5.74) is 0.556. The lowest BCUT2D eigenvalue weighted by Crippen LogP contribution is -2.44. The van der Waals surface area contributed by atoms with E-state index in [0.717, 1.165) is 11.3 Å². The fourth-order valence-electron chi connectivity index (χ4n) is 1.56. The average Bonchev–Trinajstić information content (AvgIpc) is 2.27. The largest absolute Gasteiger partial charge is 0.496 e. The zero-order valence-electron chi connectivity index (χ0n) is 10.00. The summed E-state index contributed by atoms with van der Waals surface area (Å²) in [6, 6.07) is 5.36. The second-order valence-corrected chi connectivity index (χ2v) is 3.86. The van der Waals surface area contributed by atoms with Crippen LogP contribution in [0.25, 0.3) is 0 Å². The molecule has 88 valence electrons. The smallest absolute Gasteiger partial charge is 0.328 e. The van der Waals surface area contributed by atoms with Gasteiger partial charge in [0.25, 0.3) is 0 Å². The monoisotopic (exact) mass is 223 g/mol. The SMILES string of the molecule is CN[C@@](C)(C(=O)O)c1ccc(OC)c(C)c1. The molecule has 2 N–H and O–H groups in total. The highest BCUT2D eigenvalue weighted by Crippen LogP contribution is 2.26. The molecule has 1 rings (SSSR count). The number of aliphatic carboxylic acids is 1. The van der Waals surface area contributed by atoms with Gasteiger partial charge in [-0.1, -0.05) is 6.07 Å². The summed E-state index contributed by atoms with van der Waals surface area (Å²) in [5, 5.41) is 12.0. The maximum Gasteiger partial charge on any atom is 0.328 e. The maximum atomic E-state index is 11.2. The Balaban J connectivity index is 3.23. The van der Waals surface area contributed by atoms with Crippen LogP contribution in [0.2, 0.25) is 0 Å². The summed E-state index contributed by atoms with van der Waals surface area (Å²) in [5.74, 6) is -0.146. The number of nitrogens with one attached hydrogen (secondary N) is 1. The Labute approximate surface area is 95.2 Å². The van der Waals surface area contributed by atoms with Crippen LogP contribution in [0.1, 0.15) is 18.1 Å². The molecule has 0 aromatic heterocycles. The number of rotatable bonds is 4. The molecule has 16 heavy (non-hydrogen) atoms. The highest BCUT2D eigenvalue weighted by atomic mass is 16.5. The molecule has 0 saturated heterocycles. The first-order chi connectivity index (χ1) is 7.45. The molecule has 1 aromatic carbocycles. The molecule has 0 aliphatic heterocycles. The fourth-order valence-corrected chi connectivity index (χ4v) is 1.56. The van der Waals surface area contributed by atoms with Crippen molar-refractivity contribution in [3.8, 4) is 5.75 Å². The minimum atomic E-state index is -1.07. The second kappa shape index (κ2) is 4.53. The Morgan fingerprint density at radius 1 is 1.50 bits per heavy atom. The van der Waals surface area contributed by atoms with E-state index < -0.39 is 11.5 Å². The normalized spacial score (nSPS) is 14.2. The van der Waals surface area contributed by atoms with Crippen LogP contribution >= 0.6 is 0 Å². The van der Waals surface area contributed by atoms with Gasteiger partial charge in [0.1, 0.15) is 11.3 Å². The first kappa shape index (κ1) is 12.5. The fraction of sp³-hybridized carbons (Fsp3) is 0.417. The number of carbonyl (C=O) groups is 1. The molecule has 0 radical (unpaired) electrons. The topological polar surface area (TPSA) is 58.6 Å². The molecule has 1 aromatic rings. The molecule has 0 heterocycles. The van der Waals surface area contributed by atoms with Crippen molar-refractivity contribution in [1.82, 2.24) is 5.32 Å². The molecule has 0 aliphatic rings. The highest BCUT2D eigenvalue weighted by molar-refractivity contribution is 5.80. The van der Waals surface area contributed by atoms with Gasteiger partial charge < -0.3 is 15.2 Å². The van der Waals surface area contributed by atoms with Crippen molar-refractivity contribution in [3.63, 3.8) is 0 Å². The van der Waals surface area contributed by atoms with Crippen LogP contribution in [0.15, 0.2) is 18.2 Å². The van der Waals surface area contributed by atoms with Crippen LogP contribution < -0.4 is 10.1 Å². The third-order valence-corrected chi connectivity index (χ3v) is 2.90. The minimum absolute atomic E-state index is 0.709. The highest BCUT2D eigenvalue weighted by Gasteiger charge is 2.33. The molecular formula is C12H17NO3. The van der Waals surface area contributed by atoms with Crippen molar-refractivity contribution in [3.05, 3.63) is 29.3 Å². The van der Waals surface area contributed by atoms with Crippen molar-refractivity contribution in [2.24, 2.45) is 0 Å². The number of likely N-dealkylation sites (N-methyl/N-ethyl adjacent to an activating group) is 1. The number of hydrogen-bond donors (Lipinski definition) is 2. The molecule has 0 spiro atoms. The van der Waals surface area contributed by atoms with Crippen LogP contribution in [0, 0.1) is 6.92 Å². The van der Waals surface area contributed by atoms with Crippen molar-refractivity contribution in [2.75, 3.05) is 14.2 Å².